The van der Waals surface area contributed by atoms with E-state index in [0.717, 1.165) is 6.42 Å². The molecule has 2 rings (SSSR count). The first-order chi connectivity index (χ1) is 8.27. The highest BCUT2D eigenvalue weighted by Crippen LogP contribution is 2.39. The molecule has 0 saturated heterocycles. The number of hydrogen-bond acceptors (Lipinski definition) is 2. The fraction of sp³-hybridized carbons (Fsp3) is 0.500. The van der Waals surface area contributed by atoms with E-state index in [0.29, 0.717) is 11.2 Å². The second-order valence-electron chi connectivity index (χ2n) is 4.54. The van der Waals surface area contributed by atoms with Gasteiger partial charge in [-0.1, -0.05) is 43.2 Å². The van der Waals surface area contributed by atoms with Crippen LogP contribution in [-0.4, -0.2) is 22.1 Å². The number of aliphatic carboxylic acids is 1. The quantitative estimate of drug-likeness (QED) is 0.888. The van der Waals surface area contributed by atoms with Crippen molar-refractivity contribution < 1.29 is 9.90 Å². The number of carbonyl (C=O) groups is 1. The number of carboxylic acids is 1. The number of thioether (sulfide) groups is 1. The minimum absolute atomic E-state index is 0.230. The van der Waals surface area contributed by atoms with Crippen LogP contribution >= 0.6 is 11.8 Å². The summed E-state index contributed by atoms with van der Waals surface area (Å²) < 4.78 is 0. The average Bonchev–Trinajstić information content (AvgIpc) is 2.38. The minimum Gasteiger partial charge on any atom is -0.481 e. The van der Waals surface area contributed by atoms with E-state index in [4.69, 9.17) is 5.11 Å². The molecular formula is C14H18O2S. The molecule has 0 spiro atoms. The Morgan fingerprint density at radius 3 is 2.65 bits per heavy atom. The highest BCUT2D eigenvalue weighted by molar-refractivity contribution is 8.00. The zero-order chi connectivity index (χ0) is 12.1. The predicted molar refractivity (Wildman–Crippen MR) is 71.5 cm³/mol. The molecular weight excluding hydrogens is 232 g/mol. The molecule has 1 aromatic rings. The van der Waals surface area contributed by atoms with E-state index in [9.17, 15) is 4.79 Å². The zero-order valence-corrected chi connectivity index (χ0v) is 10.7. The van der Waals surface area contributed by atoms with Gasteiger partial charge in [-0.25, -0.2) is 0 Å². The molecule has 1 aromatic carbocycles. The lowest BCUT2D eigenvalue weighted by molar-refractivity contribution is -0.133. The lowest BCUT2D eigenvalue weighted by atomic mass is 9.83. The van der Waals surface area contributed by atoms with E-state index in [1.54, 1.807) is 11.8 Å². The van der Waals surface area contributed by atoms with Crippen LogP contribution in [0.5, 0.6) is 0 Å². The van der Waals surface area contributed by atoms with Gasteiger partial charge in [-0.2, -0.15) is 0 Å². The van der Waals surface area contributed by atoms with E-state index < -0.39 is 5.97 Å². The van der Waals surface area contributed by atoms with E-state index in [1.807, 2.05) is 6.07 Å². The van der Waals surface area contributed by atoms with Crippen LogP contribution in [0.4, 0.5) is 0 Å². The molecule has 17 heavy (non-hydrogen) atoms. The standard InChI is InChI=1S/C14H18O2S/c15-14(16)10-17-13-9-5-4-8-12(13)11-6-2-1-3-7-11/h1-3,6-7,12-13H,4-5,8-10H2,(H,15,16)/t12-,13-/m1/s1. The molecule has 1 saturated carbocycles. The highest BCUT2D eigenvalue weighted by Gasteiger charge is 2.27. The van der Waals surface area contributed by atoms with Crippen LogP contribution < -0.4 is 0 Å². The van der Waals surface area contributed by atoms with Crippen molar-refractivity contribution in [3.05, 3.63) is 35.9 Å². The van der Waals surface area contributed by atoms with Crippen molar-refractivity contribution in [3.63, 3.8) is 0 Å². The summed E-state index contributed by atoms with van der Waals surface area (Å²) in [6.07, 6.45) is 4.85. The van der Waals surface area contributed by atoms with Crippen LogP contribution in [0.3, 0.4) is 0 Å². The third kappa shape index (κ3) is 3.50. The maximum Gasteiger partial charge on any atom is 0.313 e. The van der Waals surface area contributed by atoms with E-state index in [1.165, 1.54) is 24.8 Å². The molecule has 0 unspecified atom stereocenters. The third-order valence-corrected chi connectivity index (χ3v) is 4.76. The van der Waals surface area contributed by atoms with Gasteiger partial charge in [0.2, 0.25) is 0 Å². The average molecular weight is 250 g/mol. The Morgan fingerprint density at radius 2 is 1.94 bits per heavy atom. The van der Waals surface area contributed by atoms with Crippen molar-refractivity contribution >= 4 is 17.7 Å². The number of rotatable bonds is 4. The first kappa shape index (κ1) is 12.5. The van der Waals surface area contributed by atoms with Gasteiger partial charge in [0.15, 0.2) is 0 Å². The van der Waals surface area contributed by atoms with Crippen molar-refractivity contribution in [1.29, 1.82) is 0 Å². The van der Waals surface area contributed by atoms with Crippen molar-refractivity contribution in [2.75, 3.05) is 5.75 Å². The molecule has 1 aliphatic rings. The largest absolute Gasteiger partial charge is 0.481 e. The van der Waals surface area contributed by atoms with Gasteiger partial charge >= 0.3 is 5.97 Å². The Kier molecular flexibility index (Phi) is 4.49. The Bertz CT molecular complexity index is 364. The van der Waals surface area contributed by atoms with Crippen LogP contribution in [0.25, 0.3) is 0 Å². The number of carboxylic acid groups (broad SMARTS) is 1. The third-order valence-electron chi connectivity index (χ3n) is 3.35. The molecule has 0 radical (unpaired) electrons. The maximum absolute atomic E-state index is 10.7. The van der Waals surface area contributed by atoms with Gasteiger partial charge in [-0.3, -0.25) is 4.79 Å². The summed E-state index contributed by atoms with van der Waals surface area (Å²) in [5.74, 6) is 0.0651. The van der Waals surface area contributed by atoms with Gasteiger partial charge < -0.3 is 5.11 Å². The summed E-state index contributed by atoms with van der Waals surface area (Å²) in [6.45, 7) is 0. The summed E-state index contributed by atoms with van der Waals surface area (Å²) in [6, 6.07) is 10.5. The van der Waals surface area contributed by atoms with Crippen molar-refractivity contribution in [2.24, 2.45) is 0 Å². The Morgan fingerprint density at radius 1 is 1.24 bits per heavy atom. The summed E-state index contributed by atoms with van der Waals surface area (Å²) in [5, 5.41) is 9.25. The van der Waals surface area contributed by atoms with Gasteiger partial charge in [0.05, 0.1) is 5.75 Å². The van der Waals surface area contributed by atoms with Gasteiger partial charge in [0.25, 0.3) is 0 Å². The Hall–Kier alpha value is -0.960. The zero-order valence-electron chi connectivity index (χ0n) is 9.84. The van der Waals surface area contributed by atoms with Crippen molar-refractivity contribution in [1.82, 2.24) is 0 Å². The SMILES string of the molecule is O=C(O)CS[C@@H]1CCCC[C@@H]1c1ccccc1. The molecule has 92 valence electrons. The summed E-state index contributed by atoms with van der Waals surface area (Å²) in [5.41, 5.74) is 1.37. The molecule has 0 aromatic heterocycles. The fourth-order valence-corrected chi connectivity index (χ4v) is 3.77. The second-order valence-corrected chi connectivity index (χ2v) is 5.77. The number of hydrogen-bond donors (Lipinski definition) is 1. The topological polar surface area (TPSA) is 37.3 Å². The van der Waals surface area contributed by atoms with Gasteiger partial charge in [-0.05, 0) is 24.3 Å². The van der Waals surface area contributed by atoms with Crippen molar-refractivity contribution in [2.45, 2.75) is 36.9 Å². The minimum atomic E-state index is -0.701. The first-order valence-corrected chi connectivity index (χ1v) is 7.20. The van der Waals surface area contributed by atoms with Gasteiger partial charge in [0.1, 0.15) is 0 Å². The number of benzene rings is 1. The van der Waals surface area contributed by atoms with Gasteiger partial charge in [0, 0.05) is 5.25 Å². The van der Waals surface area contributed by atoms with Crippen LogP contribution in [0.1, 0.15) is 37.2 Å². The molecule has 0 amide bonds. The lowest BCUT2D eigenvalue weighted by Gasteiger charge is -2.31. The van der Waals surface area contributed by atoms with E-state index in [-0.39, 0.29) is 5.75 Å². The maximum atomic E-state index is 10.7. The molecule has 1 aliphatic carbocycles. The molecule has 3 heteroatoms. The summed E-state index contributed by atoms with van der Waals surface area (Å²) in [7, 11) is 0. The molecule has 1 fully saturated rings. The smallest absolute Gasteiger partial charge is 0.313 e. The van der Waals surface area contributed by atoms with Crippen molar-refractivity contribution in [3.8, 4) is 0 Å². The van der Waals surface area contributed by atoms with Crippen LogP contribution in [0.15, 0.2) is 30.3 Å². The Balaban J connectivity index is 2.04. The lowest BCUT2D eigenvalue weighted by Crippen LogP contribution is -2.21. The summed E-state index contributed by atoms with van der Waals surface area (Å²) >= 11 is 1.61. The second kappa shape index (κ2) is 6.10. The van der Waals surface area contributed by atoms with Crippen LogP contribution in [-0.2, 0) is 4.79 Å². The molecule has 0 heterocycles. The predicted octanol–water partition coefficient (Wildman–Crippen LogP) is 3.53. The molecule has 2 atom stereocenters. The van der Waals surface area contributed by atoms with E-state index in [2.05, 4.69) is 24.3 Å². The molecule has 1 N–H and O–H groups in total. The monoisotopic (exact) mass is 250 g/mol. The van der Waals surface area contributed by atoms with E-state index >= 15 is 0 Å². The van der Waals surface area contributed by atoms with Crippen LogP contribution in [0, 0.1) is 0 Å². The normalized spacial score (nSPS) is 24.5. The molecule has 0 bridgehead atoms. The first-order valence-electron chi connectivity index (χ1n) is 6.15. The Labute approximate surface area is 106 Å². The summed E-state index contributed by atoms with van der Waals surface area (Å²) in [4.78, 5) is 10.7. The fourth-order valence-electron chi connectivity index (χ4n) is 2.56. The molecule has 2 nitrogen and oxygen atoms in total. The van der Waals surface area contributed by atoms with Crippen LogP contribution in [0.2, 0.25) is 0 Å². The molecule has 0 aliphatic heterocycles. The van der Waals surface area contributed by atoms with Gasteiger partial charge in [-0.15, -0.1) is 11.8 Å². The highest BCUT2D eigenvalue weighted by atomic mass is 32.2.